The van der Waals surface area contributed by atoms with Gasteiger partial charge in [0.2, 0.25) is 0 Å². The summed E-state index contributed by atoms with van der Waals surface area (Å²) in [7, 11) is 0. The average Bonchev–Trinajstić information content (AvgIpc) is 2.80. The largest absolute Gasteiger partial charge is 0.360 e. The number of benzene rings is 2. The van der Waals surface area contributed by atoms with E-state index in [1.807, 2.05) is 30.3 Å². The molecule has 3 aromatic rings. The number of nitrogens with zero attached hydrogens (tertiary/aromatic N) is 1. The van der Waals surface area contributed by atoms with Gasteiger partial charge in [0.05, 0.1) is 5.56 Å². The molecule has 0 aliphatic heterocycles. The molecular weight excluding hydrogens is 260 g/mol. The highest BCUT2D eigenvalue weighted by Gasteiger charge is 2.17. The van der Waals surface area contributed by atoms with Gasteiger partial charge in [0, 0.05) is 11.6 Å². The van der Waals surface area contributed by atoms with Crippen molar-refractivity contribution >= 4 is 0 Å². The van der Waals surface area contributed by atoms with Crippen molar-refractivity contribution in [2.75, 3.05) is 0 Å². The van der Waals surface area contributed by atoms with Crippen LogP contribution in [0.25, 0.3) is 22.4 Å². The van der Waals surface area contributed by atoms with E-state index in [-0.39, 0.29) is 0 Å². The number of rotatable bonds is 2. The number of aryl methyl sites for hydroxylation is 1. The quantitative estimate of drug-likeness (QED) is 0.681. The van der Waals surface area contributed by atoms with Crippen LogP contribution in [0.2, 0.25) is 0 Å². The first-order valence-electron chi connectivity index (χ1n) is 6.13. The van der Waals surface area contributed by atoms with Crippen molar-refractivity contribution in [2.45, 2.75) is 6.92 Å². The van der Waals surface area contributed by atoms with Crippen LogP contribution in [0.3, 0.4) is 0 Å². The van der Waals surface area contributed by atoms with Gasteiger partial charge in [-0.2, -0.15) is 0 Å². The molecule has 0 amide bonds. The Kier molecular flexibility index (Phi) is 3.06. The third-order valence-corrected chi connectivity index (χ3v) is 3.06. The molecule has 0 aliphatic carbocycles. The summed E-state index contributed by atoms with van der Waals surface area (Å²) in [4.78, 5) is 0. The van der Waals surface area contributed by atoms with Gasteiger partial charge in [-0.15, -0.1) is 0 Å². The van der Waals surface area contributed by atoms with Gasteiger partial charge in [-0.05, 0) is 24.6 Å². The maximum absolute atomic E-state index is 13.4. The summed E-state index contributed by atoms with van der Waals surface area (Å²) in [5.41, 5.74) is 2.44. The lowest BCUT2D eigenvalue weighted by atomic mass is 9.99. The Balaban J connectivity index is 2.21. The average molecular weight is 271 g/mol. The van der Waals surface area contributed by atoms with E-state index in [2.05, 4.69) is 5.16 Å². The number of hydrogen-bond donors (Lipinski definition) is 0. The van der Waals surface area contributed by atoms with Crippen LogP contribution in [0.4, 0.5) is 8.78 Å². The molecule has 4 heteroatoms. The van der Waals surface area contributed by atoms with E-state index in [9.17, 15) is 8.78 Å². The van der Waals surface area contributed by atoms with Gasteiger partial charge in [-0.25, -0.2) is 8.78 Å². The molecule has 0 radical (unpaired) electrons. The van der Waals surface area contributed by atoms with E-state index in [1.165, 1.54) is 12.1 Å². The lowest BCUT2D eigenvalue weighted by molar-refractivity contribution is 0.400. The first-order chi connectivity index (χ1) is 9.65. The molecule has 2 aromatic carbocycles. The molecule has 1 aromatic heterocycles. The molecule has 2 nitrogen and oxygen atoms in total. The van der Waals surface area contributed by atoms with Gasteiger partial charge in [0.25, 0.3) is 0 Å². The second-order valence-electron chi connectivity index (χ2n) is 4.49. The minimum Gasteiger partial charge on any atom is -0.360 e. The van der Waals surface area contributed by atoms with Crippen molar-refractivity contribution in [1.82, 2.24) is 5.16 Å². The zero-order valence-electron chi connectivity index (χ0n) is 10.7. The van der Waals surface area contributed by atoms with Crippen molar-refractivity contribution in [3.05, 3.63) is 65.9 Å². The van der Waals surface area contributed by atoms with E-state index >= 15 is 0 Å². The molecule has 0 bridgehead atoms. The molecule has 0 fully saturated rings. The van der Waals surface area contributed by atoms with Gasteiger partial charge in [-0.1, -0.05) is 35.5 Å². The minimum atomic E-state index is -0.639. The van der Waals surface area contributed by atoms with Crippen molar-refractivity contribution < 1.29 is 13.3 Å². The molecule has 3 rings (SSSR count). The molecule has 20 heavy (non-hydrogen) atoms. The van der Waals surface area contributed by atoms with Gasteiger partial charge >= 0.3 is 0 Å². The first-order valence-corrected chi connectivity index (χ1v) is 6.13. The Bertz CT molecular complexity index is 730. The molecule has 0 atom stereocenters. The molecular formula is C16H11F2NO. The van der Waals surface area contributed by atoms with E-state index in [0.717, 1.165) is 17.2 Å². The Labute approximate surface area is 114 Å². The lowest BCUT2D eigenvalue weighted by Gasteiger charge is -2.03. The fourth-order valence-electron chi connectivity index (χ4n) is 2.20. The third-order valence-electron chi connectivity index (χ3n) is 3.06. The Morgan fingerprint density at radius 1 is 0.900 bits per heavy atom. The Morgan fingerprint density at radius 3 is 2.20 bits per heavy atom. The summed E-state index contributed by atoms with van der Waals surface area (Å²) in [6, 6.07) is 12.8. The van der Waals surface area contributed by atoms with Crippen molar-refractivity contribution in [3.63, 3.8) is 0 Å². The van der Waals surface area contributed by atoms with Gasteiger partial charge in [-0.3, -0.25) is 0 Å². The highest BCUT2D eigenvalue weighted by molar-refractivity contribution is 5.81. The predicted octanol–water partition coefficient (Wildman–Crippen LogP) is 4.60. The maximum atomic E-state index is 13.4. The zero-order chi connectivity index (χ0) is 14.1. The standard InChI is InChI=1S/C16H11F2NO/c1-10-15(11-5-3-2-4-6-11)16(19-20-10)12-7-13(17)9-14(18)8-12/h2-9H,1H3. The molecule has 0 saturated heterocycles. The van der Waals surface area contributed by atoms with Crippen LogP contribution >= 0.6 is 0 Å². The Morgan fingerprint density at radius 2 is 1.55 bits per heavy atom. The van der Waals surface area contributed by atoms with Crippen LogP contribution in [-0.2, 0) is 0 Å². The van der Waals surface area contributed by atoms with Crippen LogP contribution in [0.15, 0.2) is 53.1 Å². The lowest BCUT2D eigenvalue weighted by Crippen LogP contribution is -1.87. The molecule has 0 N–H and O–H groups in total. The summed E-state index contributed by atoms with van der Waals surface area (Å²) in [6.45, 7) is 1.77. The van der Waals surface area contributed by atoms with E-state index in [4.69, 9.17) is 4.52 Å². The molecule has 1 heterocycles. The summed E-state index contributed by atoms with van der Waals surface area (Å²) in [5, 5.41) is 3.94. The fraction of sp³-hybridized carbons (Fsp3) is 0.0625. The van der Waals surface area contributed by atoms with Crippen LogP contribution < -0.4 is 0 Å². The van der Waals surface area contributed by atoms with Gasteiger partial charge in [0.1, 0.15) is 23.1 Å². The van der Waals surface area contributed by atoms with E-state index < -0.39 is 11.6 Å². The summed E-state index contributed by atoms with van der Waals surface area (Å²) < 4.78 is 31.9. The highest BCUT2D eigenvalue weighted by atomic mass is 19.1. The summed E-state index contributed by atoms with van der Waals surface area (Å²) in [6.07, 6.45) is 0. The van der Waals surface area contributed by atoms with Crippen LogP contribution in [0.1, 0.15) is 5.76 Å². The minimum absolute atomic E-state index is 0.359. The summed E-state index contributed by atoms with van der Waals surface area (Å²) in [5.74, 6) is -0.671. The zero-order valence-corrected chi connectivity index (χ0v) is 10.7. The molecule has 100 valence electrons. The van der Waals surface area contributed by atoms with Crippen molar-refractivity contribution in [1.29, 1.82) is 0 Å². The number of halogens is 2. The van der Waals surface area contributed by atoms with Crippen molar-refractivity contribution in [3.8, 4) is 22.4 Å². The second-order valence-corrected chi connectivity index (χ2v) is 4.49. The maximum Gasteiger partial charge on any atom is 0.142 e. The normalized spacial score (nSPS) is 10.8. The molecule has 0 saturated carbocycles. The monoisotopic (exact) mass is 271 g/mol. The first kappa shape index (κ1) is 12.5. The number of hydrogen-bond acceptors (Lipinski definition) is 2. The van der Waals surface area contributed by atoms with E-state index in [0.29, 0.717) is 17.0 Å². The van der Waals surface area contributed by atoms with Crippen molar-refractivity contribution in [2.24, 2.45) is 0 Å². The van der Waals surface area contributed by atoms with E-state index in [1.54, 1.807) is 6.92 Å². The van der Waals surface area contributed by atoms with Gasteiger partial charge < -0.3 is 4.52 Å². The second kappa shape index (κ2) is 4.89. The topological polar surface area (TPSA) is 26.0 Å². The molecule has 0 aliphatic rings. The molecule has 0 spiro atoms. The highest BCUT2D eigenvalue weighted by Crippen LogP contribution is 2.34. The predicted molar refractivity (Wildman–Crippen MR) is 72.0 cm³/mol. The smallest absolute Gasteiger partial charge is 0.142 e. The summed E-state index contributed by atoms with van der Waals surface area (Å²) >= 11 is 0. The molecule has 0 unspecified atom stereocenters. The third kappa shape index (κ3) is 2.20. The van der Waals surface area contributed by atoms with Crippen LogP contribution in [-0.4, -0.2) is 5.16 Å². The van der Waals surface area contributed by atoms with Crippen LogP contribution in [0.5, 0.6) is 0 Å². The number of aromatic nitrogens is 1. The van der Waals surface area contributed by atoms with Crippen LogP contribution in [0, 0.1) is 18.6 Å². The fourth-order valence-corrected chi connectivity index (χ4v) is 2.20. The Hall–Kier alpha value is -2.49. The van der Waals surface area contributed by atoms with Gasteiger partial charge in [0.15, 0.2) is 0 Å². The SMILES string of the molecule is Cc1onc(-c2cc(F)cc(F)c2)c1-c1ccccc1.